The summed E-state index contributed by atoms with van der Waals surface area (Å²) in [6.07, 6.45) is 6.95. The molecule has 5 heteroatoms. The van der Waals surface area contributed by atoms with Gasteiger partial charge in [0.05, 0.1) is 5.56 Å². The van der Waals surface area contributed by atoms with Crippen LogP contribution in [0.4, 0.5) is 0 Å². The quantitative estimate of drug-likeness (QED) is 0.764. The number of carbonyl (C=O) groups excluding carboxylic acids is 2. The van der Waals surface area contributed by atoms with Crippen molar-refractivity contribution in [1.29, 1.82) is 0 Å². The van der Waals surface area contributed by atoms with Crippen LogP contribution >= 0.6 is 0 Å². The van der Waals surface area contributed by atoms with Crippen LogP contribution in [0.15, 0.2) is 24.3 Å². The molecule has 4 rings (SSSR count). The van der Waals surface area contributed by atoms with Crippen LogP contribution in [0.5, 0.6) is 0 Å². The lowest BCUT2D eigenvalue weighted by Crippen LogP contribution is -2.43. The number of rotatable bonds is 4. The molecule has 3 aliphatic rings. The number of esters is 1. The molecule has 2 fully saturated rings. The van der Waals surface area contributed by atoms with Crippen molar-refractivity contribution in [3.05, 3.63) is 35.4 Å². The fourth-order valence-corrected chi connectivity index (χ4v) is 4.94. The molecular weight excluding hydrogens is 340 g/mol. The van der Waals surface area contributed by atoms with E-state index < -0.39 is 5.60 Å². The summed E-state index contributed by atoms with van der Waals surface area (Å²) in [6.45, 7) is 4.11. The van der Waals surface area contributed by atoms with E-state index in [0.717, 1.165) is 44.3 Å². The average molecular weight is 370 g/mol. The fraction of sp³-hybridized carbons (Fsp3) is 0.636. The summed E-state index contributed by atoms with van der Waals surface area (Å²) in [4.78, 5) is 29.5. The van der Waals surface area contributed by atoms with E-state index in [1.54, 1.807) is 0 Å². The molecule has 1 saturated carbocycles. The summed E-state index contributed by atoms with van der Waals surface area (Å²) in [7, 11) is 1.93. The number of nitrogens with zero attached hydrogens (tertiary/aromatic N) is 2. The van der Waals surface area contributed by atoms with E-state index in [4.69, 9.17) is 4.74 Å². The highest BCUT2D eigenvalue weighted by atomic mass is 16.6. The Hall–Kier alpha value is -1.88. The average Bonchev–Trinajstić information content (AvgIpc) is 2.99. The molecule has 146 valence electrons. The Kier molecular flexibility index (Phi) is 5.22. The van der Waals surface area contributed by atoms with Gasteiger partial charge in [0.1, 0.15) is 5.60 Å². The number of likely N-dealkylation sites (N-methyl/N-ethyl adjacent to an activating group) is 1. The Bertz CT molecular complexity index is 703. The summed E-state index contributed by atoms with van der Waals surface area (Å²) in [6, 6.07) is 7.70. The number of piperidine rings is 1. The van der Waals surface area contributed by atoms with Crippen molar-refractivity contribution in [1.82, 2.24) is 9.80 Å². The molecule has 2 aliphatic heterocycles. The van der Waals surface area contributed by atoms with Gasteiger partial charge in [-0.25, -0.2) is 4.79 Å². The minimum atomic E-state index is -0.503. The lowest BCUT2D eigenvalue weighted by Gasteiger charge is -2.37. The third-order valence-corrected chi connectivity index (χ3v) is 6.64. The van der Waals surface area contributed by atoms with Crippen LogP contribution in [0.3, 0.4) is 0 Å². The lowest BCUT2D eigenvalue weighted by molar-refractivity contribution is -0.137. The molecule has 0 aromatic heterocycles. The topological polar surface area (TPSA) is 49.9 Å². The summed E-state index contributed by atoms with van der Waals surface area (Å²) in [5.74, 6) is 0.0851. The maximum absolute atomic E-state index is 12.9. The highest BCUT2D eigenvalue weighted by molar-refractivity contribution is 5.94. The number of carbonyl (C=O) groups is 2. The van der Waals surface area contributed by atoms with Crippen LogP contribution in [0.25, 0.3) is 0 Å². The van der Waals surface area contributed by atoms with Gasteiger partial charge in [0.15, 0.2) is 0 Å². The zero-order valence-corrected chi connectivity index (χ0v) is 16.3. The molecule has 1 aromatic carbocycles. The van der Waals surface area contributed by atoms with Crippen LogP contribution in [-0.2, 0) is 15.1 Å². The van der Waals surface area contributed by atoms with Crippen LogP contribution in [-0.4, -0.2) is 54.9 Å². The lowest BCUT2D eigenvalue weighted by atomic mass is 9.74. The molecular formula is C22H30N2O3. The summed E-state index contributed by atoms with van der Waals surface area (Å²) >= 11 is 0. The third-order valence-electron chi connectivity index (χ3n) is 6.64. The third kappa shape index (κ3) is 3.62. The second-order valence-electron chi connectivity index (χ2n) is 8.37. The van der Waals surface area contributed by atoms with Gasteiger partial charge in [-0.15, -0.1) is 0 Å². The van der Waals surface area contributed by atoms with Gasteiger partial charge in [0.25, 0.3) is 0 Å². The second kappa shape index (κ2) is 7.63. The van der Waals surface area contributed by atoms with Gasteiger partial charge in [-0.2, -0.15) is 0 Å². The zero-order valence-electron chi connectivity index (χ0n) is 16.3. The minimum Gasteiger partial charge on any atom is -0.451 e. The first-order valence-corrected chi connectivity index (χ1v) is 10.4. The molecule has 2 heterocycles. The van der Waals surface area contributed by atoms with Crippen LogP contribution in [0, 0.1) is 5.92 Å². The van der Waals surface area contributed by atoms with Crippen molar-refractivity contribution in [3.63, 3.8) is 0 Å². The van der Waals surface area contributed by atoms with Crippen molar-refractivity contribution >= 4 is 11.9 Å². The predicted octanol–water partition coefficient (Wildman–Crippen LogP) is 3.19. The zero-order chi connectivity index (χ0) is 18.9. The fourth-order valence-electron chi connectivity index (χ4n) is 4.94. The van der Waals surface area contributed by atoms with Crippen LogP contribution < -0.4 is 0 Å². The van der Waals surface area contributed by atoms with Gasteiger partial charge >= 0.3 is 5.97 Å². The molecule has 1 saturated heterocycles. The molecule has 1 aromatic rings. The van der Waals surface area contributed by atoms with Gasteiger partial charge in [0, 0.05) is 31.6 Å². The number of hydrogen-bond donors (Lipinski definition) is 0. The Morgan fingerprint density at radius 3 is 2.63 bits per heavy atom. The molecule has 27 heavy (non-hydrogen) atoms. The molecule has 0 N–H and O–H groups in total. The first-order valence-electron chi connectivity index (χ1n) is 10.4. The summed E-state index contributed by atoms with van der Waals surface area (Å²) in [5, 5.41) is 0. The SMILES string of the molecule is CN(CCN1CCCCC1)C(=O)[C@H]1CC[C@@]2(CC1)OC(=O)c1ccccc12. The Morgan fingerprint density at radius 2 is 1.89 bits per heavy atom. The van der Waals surface area contributed by atoms with Gasteiger partial charge in [0.2, 0.25) is 5.91 Å². The van der Waals surface area contributed by atoms with Crippen LogP contribution in [0.2, 0.25) is 0 Å². The van der Waals surface area contributed by atoms with E-state index in [0.29, 0.717) is 5.56 Å². The van der Waals surface area contributed by atoms with E-state index >= 15 is 0 Å². The largest absolute Gasteiger partial charge is 0.451 e. The minimum absolute atomic E-state index is 0.0495. The predicted molar refractivity (Wildman–Crippen MR) is 103 cm³/mol. The highest BCUT2D eigenvalue weighted by Crippen LogP contribution is 2.48. The normalized spacial score (nSPS) is 28.0. The van der Waals surface area contributed by atoms with Crippen molar-refractivity contribution in [3.8, 4) is 0 Å². The number of benzene rings is 1. The van der Waals surface area contributed by atoms with E-state index in [9.17, 15) is 9.59 Å². The van der Waals surface area contributed by atoms with Gasteiger partial charge < -0.3 is 14.5 Å². The molecule has 0 atom stereocenters. The maximum Gasteiger partial charge on any atom is 0.339 e. The molecule has 1 spiro atoms. The second-order valence-corrected chi connectivity index (χ2v) is 8.37. The Morgan fingerprint density at radius 1 is 1.19 bits per heavy atom. The van der Waals surface area contributed by atoms with Crippen molar-refractivity contribution < 1.29 is 14.3 Å². The molecule has 0 radical (unpaired) electrons. The van der Waals surface area contributed by atoms with E-state index in [1.165, 1.54) is 32.4 Å². The van der Waals surface area contributed by atoms with Gasteiger partial charge in [-0.05, 0) is 57.7 Å². The molecule has 1 aliphatic carbocycles. The standard InChI is InChI=1S/C22H30N2O3/c1-23(15-16-24-13-5-2-6-14-24)20(25)17-9-11-22(12-10-17)19-8-4-3-7-18(19)21(26)27-22/h3-4,7-8,17H,2,5-6,9-16H2,1H3/t17-,22-. The monoisotopic (exact) mass is 370 g/mol. The summed E-state index contributed by atoms with van der Waals surface area (Å²) < 4.78 is 5.81. The summed E-state index contributed by atoms with van der Waals surface area (Å²) in [5.41, 5.74) is 1.21. The van der Waals surface area contributed by atoms with Crippen molar-refractivity contribution in [2.45, 2.75) is 50.5 Å². The number of hydrogen-bond acceptors (Lipinski definition) is 4. The Labute approximate surface area is 161 Å². The molecule has 5 nitrogen and oxygen atoms in total. The molecule has 0 bridgehead atoms. The number of amides is 1. The molecule has 1 amide bonds. The van der Waals surface area contributed by atoms with Crippen LogP contribution in [0.1, 0.15) is 60.9 Å². The Balaban J connectivity index is 1.32. The van der Waals surface area contributed by atoms with Gasteiger partial charge in [-0.1, -0.05) is 24.6 Å². The van der Waals surface area contributed by atoms with Crippen molar-refractivity contribution in [2.75, 3.05) is 33.2 Å². The number of likely N-dealkylation sites (tertiary alicyclic amines) is 1. The first-order chi connectivity index (χ1) is 13.1. The van der Waals surface area contributed by atoms with E-state index in [2.05, 4.69) is 4.90 Å². The van der Waals surface area contributed by atoms with Crippen molar-refractivity contribution in [2.24, 2.45) is 5.92 Å². The number of fused-ring (bicyclic) bond motifs is 2. The van der Waals surface area contributed by atoms with E-state index in [-0.39, 0.29) is 17.8 Å². The maximum atomic E-state index is 12.9. The number of ether oxygens (including phenoxy) is 1. The van der Waals surface area contributed by atoms with Gasteiger partial charge in [-0.3, -0.25) is 4.79 Å². The smallest absolute Gasteiger partial charge is 0.339 e. The highest BCUT2D eigenvalue weighted by Gasteiger charge is 2.48. The molecule has 0 unspecified atom stereocenters. The first kappa shape index (κ1) is 18.5. The van der Waals surface area contributed by atoms with E-state index in [1.807, 2.05) is 36.2 Å².